The van der Waals surface area contributed by atoms with Gasteiger partial charge in [-0.05, 0) is 24.3 Å². The molecule has 1 fully saturated rings. The molecule has 23 heavy (non-hydrogen) atoms. The van der Waals surface area contributed by atoms with Crippen molar-refractivity contribution >= 4 is 17.2 Å². The fraction of sp³-hybridized carbons (Fsp3) is 0.235. The van der Waals surface area contributed by atoms with Crippen molar-refractivity contribution in [1.82, 2.24) is 20.1 Å². The summed E-state index contributed by atoms with van der Waals surface area (Å²) in [5, 5.41) is 9.27. The molecule has 3 aromatic rings. The molecule has 1 atom stereocenters. The maximum absolute atomic E-state index is 12.6. The first-order chi connectivity index (χ1) is 11.3. The zero-order valence-corrected chi connectivity index (χ0v) is 13.3. The lowest BCUT2D eigenvalue weighted by Crippen LogP contribution is -2.30. The average Bonchev–Trinajstić information content (AvgIpc) is 3.35. The molecular weight excluding hydrogens is 308 g/mol. The predicted molar refractivity (Wildman–Crippen MR) is 89.1 cm³/mol. The number of nitrogens with zero attached hydrogens (tertiary/aromatic N) is 3. The lowest BCUT2D eigenvalue weighted by atomic mass is 10.2. The van der Waals surface area contributed by atoms with E-state index in [2.05, 4.69) is 15.2 Å². The summed E-state index contributed by atoms with van der Waals surface area (Å²) in [6.07, 6.45) is 1.91. The van der Waals surface area contributed by atoms with Crippen molar-refractivity contribution < 1.29 is 4.79 Å². The van der Waals surface area contributed by atoms with E-state index in [0.717, 1.165) is 35.7 Å². The Hall–Kier alpha value is -2.47. The number of H-pyrrole nitrogens is 1. The molecule has 1 saturated heterocycles. The number of carbonyl (C=O) groups is 1. The van der Waals surface area contributed by atoms with Gasteiger partial charge < -0.3 is 4.90 Å². The first kappa shape index (κ1) is 14.1. The van der Waals surface area contributed by atoms with Crippen molar-refractivity contribution in [2.24, 2.45) is 0 Å². The Bertz CT molecular complexity index is 797. The minimum absolute atomic E-state index is 0.0189. The van der Waals surface area contributed by atoms with E-state index in [0.29, 0.717) is 5.82 Å². The number of amides is 1. The maximum atomic E-state index is 12.6. The highest BCUT2D eigenvalue weighted by molar-refractivity contribution is 7.12. The molecule has 1 aromatic carbocycles. The van der Waals surface area contributed by atoms with Crippen LogP contribution in [0.15, 0.2) is 47.8 Å². The smallest absolute Gasteiger partial charge is 0.264 e. The second-order valence-electron chi connectivity index (χ2n) is 5.54. The molecule has 0 aliphatic carbocycles. The molecule has 5 nitrogen and oxygen atoms in total. The van der Waals surface area contributed by atoms with Crippen LogP contribution in [0, 0.1) is 0 Å². The normalized spacial score (nSPS) is 17.6. The molecule has 0 radical (unpaired) electrons. The maximum Gasteiger partial charge on any atom is 0.264 e. The van der Waals surface area contributed by atoms with E-state index in [1.807, 2.05) is 52.7 Å². The summed E-state index contributed by atoms with van der Waals surface area (Å²) in [6.45, 7) is 0.767. The van der Waals surface area contributed by atoms with Gasteiger partial charge in [-0.1, -0.05) is 36.4 Å². The Morgan fingerprint density at radius 3 is 2.87 bits per heavy atom. The van der Waals surface area contributed by atoms with Crippen LogP contribution in [0.3, 0.4) is 0 Å². The number of thiophene rings is 1. The molecule has 0 spiro atoms. The summed E-state index contributed by atoms with van der Waals surface area (Å²) in [5.74, 6) is 1.53. The Labute approximate surface area is 138 Å². The van der Waals surface area contributed by atoms with Crippen LogP contribution in [-0.2, 0) is 0 Å². The van der Waals surface area contributed by atoms with Crippen molar-refractivity contribution in [1.29, 1.82) is 0 Å². The fourth-order valence-electron chi connectivity index (χ4n) is 2.98. The van der Waals surface area contributed by atoms with Crippen molar-refractivity contribution in [2.75, 3.05) is 6.54 Å². The number of nitrogens with one attached hydrogen (secondary N) is 1. The number of carbonyl (C=O) groups excluding carboxylic acids is 1. The van der Waals surface area contributed by atoms with Crippen LogP contribution in [0.5, 0.6) is 0 Å². The van der Waals surface area contributed by atoms with Gasteiger partial charge in [0.2, 0.25) is 0 Å². The molecule has 1 amide bonds. The largest absolute Gasteiger partial charge is 0.328 e. The quantitative estimate of drug-likeness (QED) is 0.802. The number of aromatic amines is 1. The Balaban J connectivity index is 1.60. The number of hydrogen-bond donors (Lipinski definition) is 1. The summed E-state index contributed by atoms with van der Waals surface area (Å²) < 4.78 is 0. The lowest BCUT2D eigenvalue weighted by molar-refractivity contribution is 0.0735. The van der Waals surface area contributed by atoms with Gasteiger partial charge in [0.25, 0.3) is 5.91 Å². The predicted octanol–water partition coefficient (Wildman–Crippen LogP) is 3.51. The summed E-state index contributed by atoms with van der Waals surface area (Å²) in [5.41, 5.74) is 0.976. The summed E-state index contributed by atoms with van der Waals surface area (Å²) in [6, 6.07) is 13.6. The number of likely N-dealkylation sites (tertiary alicyclic amines) is 1. The SMILES string of the molecule is O=C(c1cccs1)N1CCCC1c1nc(-c2ccccc2)n[nH]1. The van der Waals surface area contributed by atoms with Gasteiger partial charge in [-0.15, -0.1) is 11.3 Å². The second kappa shape index (κ2) is 5.96. The Morgan fingerprint density at radius 2 is 2.09 bits per heavy atom. The molecule has 1 unspecified atom stereocenters. The van der Waals surface area contributed by atoms with E-state index < -0.39 is 0 Å². The zero-order valence-electron chi connectivity index (χ0n) is 12.5. The van der Waals surface area contributed by atoms with Crippen LogP contribution in [0.25, 0.3) is 11.4 Å². The third-order valence-corrected chi connectivity index (χ3v) is 4.95. The van der Waals surface area contributed by atoms with Gasteiger partial charge >= 0.3 is 0 Å². The van der Waals surface area contributed by atoms with Gasteiger partial charge in [-0.25, -0.2) is 4.98 Å². The van der Waals surface area contributed by atoms with E-state index in [9.17, 15) is 4.79 Å². The molecule has 4 rings (SSSR count). The third kappa shape index (κ3) is 2.66. The first-order valence-electron chi connectivity index (χ1n) is 7.65. The van der Waals surface area contributed by atoms with Crippen molar-refractivity contribution in [3.05, 3.63) is 58.5 Å². The van der Waals surface area contributed by atoms with E-state index in [-0.39, 0.29) is 11.9 Å². The first-order valence-corrected chi connectivity index (χ1v) is 8.53. The van der Waals surface area contributed by atoms with Gasteiger partial charge in [-0.3, -0.25) is 9.89 Å². The van der Waals surface area contributed by atoms with Crippen LogP contribution in [-0.4, -0.2) is 32.5 Å². The van der Waals surface area contributed by atoms with Crippen LogP contribution >= 0.6 is 11.3 Å². The summed E-state index contributed by atoms with van der Waals surface area (Å²) >= 11 is 1.48. The van der Waals surface area contributed by atoms with E-state index in [1.54, 1.807) is 0 Å². The lowest BCUT2D eigenvalue weighted by Gasteiger charge is -2.22. The zero-order chi connectivity index (χ0) is 15.6. The van der Waals surface area contributed by atoms with Gasteiger partial charge in [-0.2, -0.15) is 5.10 Å². The van der Waals surface area contributed by atoms with Gasteiger partial charge in [0.15, 0.2) is 5.82 Å². The molecule has 6 heteroatoms. The van der Waals surface area contributed by atoms with Gasteiger partial charge in [0, 0.05) is 12.1 Å². The molecule has 2 aromatic heterocycles. The molecule has 1 aliphatic heterocycles. The molecule has 1 N–H and O–H groups in total. The van der Waals surface area contributed by atoms with Crippen molar-refractivity contribution in [3.63, 3.8) is 0 Å². The number of benzene rings is 1. The monoisotopic (exact) mass is 324 g/mol. The number of rotatable bonds is 3. The molecule has 3 heterocycles. The summed E-state index contributed by atoms with van der Waals surface area (Å²) in [4.78, 5) is 19.9. The topological polar surface area (TPSA) is 61.9 Å². The summed E-state index contributed by atoms with van der Waals surface area (Å²) in [7, 11) is 0. The van der Waals surface area contributed by atoms with Crippen LogP contribution < -0.4 is 0 Å². The minimum atomic E-state index is -0.0189. The fourth-order valence-corrected chi connectivity index (χ4v) is 3.65. The van der Waals surface area contributed by atoms with E-state index in [4.69, 9.17) is 0 Å². The Morgan fingerprint density at radius 1 is 1.22 bits per heavy atom. The van der Waals surface area contributed by atoms with Crippen LogP contribution in [0.4, 0.5) is 0 Å². The Kier molecular flexibility index (Phi) is 3.67. The molecule has 0 bridgehead atoms. The van der Waals surface area contributed by atoms with Gasteiger partial charge in [0.1, 0.15) is 5.82 Å². The standard InChI is InChI=1S/C17H16N4OS/c22-17(14-9-5-11-23-14)21-10-4-8-13(21)16-18-15(19-20-16)12-6-2-1-3-7-12/h1-3,5-7,9,11,13H,4,8,10H2,(H,18,19,20). The van der Waals surface area contributed by atoms with Crippen LogP contribution in [0.1, 0.15) is 34.4 Å². The molecule has 0 saturated carbocycles. The van der Waals surface area contributed by atoms with Gasteiger partial charge in [0.05, 0.1) is 10.9 Å². The average molecular weight is 324 g/mol. The van der Waals surface area contributed by atoms with Crippen molar-refractivity contribution in [3.8, 4) is 11.4 Å². The second-order valence-corrected chi connectivity index (χ2v) is 6.49. The van der Waals surface area contributed by atoms with Crippen LogP contribution in [0.2, 0.25) is 0 Å². The molecule has 1 aliphatic rings. The number of aromatic nitrogens is 3. The highest BCUT2D eigenvalue weighted by Gasteiger charge is 2.33. The highest BCUT2D eigenvalue weighted by atomic mass is 32.1. The number of hydrogen-bond acceptors (Lipinski definition) is 4. The third-order valence-electron chi connectivity index (χ3n) is 4.10. The molecular formula is C17H16N4OS. The van der Waals surface area contributed by atoms with E-state index in [1.165, 1.54) is 11.3 Å². The van der Waals surface area contributed by atoms with E-state index >= 15 is 0 Å². The highest BCUT2D eigenvalue weighted by Crippen LogP contribution is 2.32. The minimum Gasteiger partial charge on any atom is -0.328 e. The molecule has 116 valence electrons. The van der Waals surface area contributed by atoms with Crippen molar-refractivity contribution in [2.45, 2.75) is 18.9 Å².